The molecule has 2 aromatic rings. The SMILES string of the molecule is Cc1cc(NC(=O)/C=C/c2ccc(Br)cc2)sc1C(=O)O. The Bertz CT molecular complexity index is 704. The van der Waals surface area contributed by atoms with Crippen molar-refractivity contribution in [1.82, 2.24) is 0 Å². The molecule has 6 heteroatoms. The Hall–Kier alpha value is -1.92. The number of amides is 1. The minimum atomic E-state index is -0.983. The van der Waals surface area contributed by atoms with E-state index >= 15 is 0 Å². The van der Waals surface area contributed by atoms with Crippen molar-refractivity contribution in [3.05, 3.63) is 56.9 Å². The minimum Gasteiger partial charge on any atom is -0.477 e. The molecule has 1 amide bonds. The molecule has 0 aliphatic rings. The lowest BCUT2D eigenvalue weighted by atomic mass is 10.2. The molecule has 0 spiro atoms. The fraction of sp³-hybridized carbons (Fsp3) is 0.0667. The van der Waals surface area contributed by atoms with Crippen LogP contribution in [0.3, 0.4) is 0 Å². The highest BCUT2D eigenvalue weighted by atomic mass is 79.9. The van der Waals surface area contributed by atoms with Crippen molar-refractivity contribution in [1.29, 1.82) is 0 Å². The number of thiophene rings is 1. The molecule has 1 heterocycles. The van der Waals surface area contributed by atoms with Crippen molar-refractivity contribution in [2.75, 3.05) is 5.32 Å². The first-order chi connectivity index (χ1) is 9.95. The number of anilines is 1. The van der Waals surface area contributed by atoms with E-state index in [2.05, 4.69) is 21.2 Å². The number of carbonyl (C=O) groups excluding carboxylic acids is 1. The Morgan fingerprint density at radius 3 is 2.52 bits per heavy atom. The largest absolute Gasteiger partial charge is 0.477 e. The maximum atomic E-state index is 11.8. The normalized spacial score (nSPS) is 10.8. The van der Waals surface area contributed by atoms with Crippen LogP contribution in [0.25, 0.3) is 6.08 Å². The number of carbonyl (C=O) groups is 2. The molecule has 2 N–H and O–H groups in total. The number of hydrogen-bond donors (Lipinski definition) is 2. The summed E-state index contributed by atoms with van der Waals surface area (Å²) < 4.78 is 0.972. The third-order valence-electron chi connectivity index (χ3n) is 2.66. The van der Waals surface area contributed by atoms with Gasteiger partial charge in [0, 0.05) is 10.5 Å². The van der Waals surface area contributed by atoms with Crippen molar-refractivity contribution in [2.45, 2.75) is 6.92 Å². The van der Waals surface area contributed by atoms with Gasteiger partial charge in [0.05, 0.1) is 5.00 Å². The van der Waals surface area contributed by atoms with E-state index in [1.165, 1.54) is 6.08 Å². The van der Waals surface area contributed by atoms with Crippen molar-refractivity contribution in [3.63, 3.8) is 0 Å². The Morgan fingerprint density at radius 2 is 1.95 bits per heavy atom. The van der Waals surface area contributed by atoms with Crippen LogP contribution in [0, 0.1) is 6.92 Å². The molecular formula is C15H12BrNO3S. The third-order valence-corrected chi connectivity index (χ3v) is 4.32. The predicted molar refractivity (Wildman–Crippen MR) is 87.8 cm³/mol. The van der Waals surface area contributed by atoms with Crippen LogP contribution in [0.4, 0.5) is 5.00 Å². The van der Waals surface area contributed by atoms with Gasteiger partial charge in [0.25, 0.3) is 0 Å². The summed E-state index contributed by atoms with van der Waals surface area (Å²) in [6.07, 6.45) is 3.11. The summed E-state index contributed by atoms with van der Waals surface area (Å²) in [5, 5.41) is 12.2. The van der Waals surface area contributed by atoms with Crippen LogP contribution in [0.1, 0.15) is 20.8 Å². The van der Waals surface area contributed by atoms with Crippen molar-refractivity contribution >= 4 is 50.2 Å². The summed E-state index contributed by atoms with van der Waals surface area (Å²) >= 11 is 4.39. The zero-order valence-electron chi connectivity index (χ0n) is 11.1. The highest BCUT2D eigenvalue weighted by molar-refractivity contribution is 9.10. The first-order valence-corrected chi connectivity index (χ1v) is 7.65. The fourth-order valence-corrected chi connectivity index (χ4v) is 2.84. The third kappa shape index (κ3) is 4.27. The maximum Gasteiger partial charge on any atom is 0.346 e. The highest BCUT2D eigenvalue weighted by Gasteiger charge is 2.12. The van der Waals surface area contributed by atoms with Gasteiger partial charge in [-0.15, -0.1) is 11.3 Å². The topological polar surface area (TPSA) is 66.4 Å². The molecule has 0 aliphatic heterocycles. The standard InChI is InChI=1S/C15H12BrNO3S/c1-9-8-13(21-14(9)15(19)20)17-12(18)7-4-10-2-5-11(16)6-3-10/h2-8H,1H3,(H,17,18)(H,19,20)/b7-4+. The van der Waals surface area contributed by atoms with Crippen LogP contribution < -0.4 is 5.32 Å². The average molecular weight is 366 g/mol. The number of halogens is 1. The number of rotatable bonds is 4. The molecular weight excluding hydrogens is 354 g/mol. The number of nitrogens with one attached hydrogen (secondary N) is 1. The van der Waals surface area contributed by atoms with E-state index in [0.29, 0.717) is 10.6 Å². The van der Waals surface area contributed by atoms with E-state index < -0.39 is 5.97 Å². The quantitative estimate of drug-likeness (QED) is 0.799. The molecule has 0 saturated carbocycles. The Labute approximate surface area is 134 Å². The number of hydrogen-bond acceptors (Lipinski definition) is 3. The van der Waals surface area contributed by atoms with Gasteiger partial charge in [-0.05, 0) is 42.3 Å². The summed E-state index contributed by atoms with van der Waals surface area (Å²) in [7, 11) is 0. The van der Waals surface area contributed by atoms with Crippen LogP contribution in [0.15, 0.2) is 40.9 Å². The van der Waals surface area contributed by atoms with Gasteiger partial charge in [-0.3, -0.25) is 4.79 Å². The van der Waals surface area contributed by atoms with Crippen LogP contribution in [-0.2, 0) is 4.79 Å². The van der Waals surface area contributed by atoms with Gasteiger partial charge >= 0.3 is 5.97 Å². The summed E-state index contributed by atoms with van der Waals surface area (Å²) in [6.45, 7) is 1.70. The number of carboxylic acids is 1. The zero-order chi connectivity index (χ0) is 15.4. The second kappa shape index (κ2) is 6.69. The fourth-order valence-electron chi connectivity index (χ4n) is 1.66. The smallest absolute Gasteiger partial charge is 0.346 e. The molecule has 2 rings (SSSR count). The van der Waals surface area contributed by atoms with Crippen molar-refractivity contribution < 1.29 is 14.7 Å². The molecule has 1 aromatic carbocycles. The summed E-state index contributed by atoms with van der Waals surface area (Å²) in [5.74, 6) is -1.28. The molecule has 0 radical (unpaired) electrons. The van der Waals surface area contributed by atoms with Gasteiger partial charge < -0.3 is 10.4 Å². The highest BCUT2D eigenvalue weighted by Crippen LogP contribution is 2.26. The summed E-state index contributed by atoms with van der Waals surface area (Å²) in [5.41, 5.74) is 1.54. The van der Waals surface area contributed by atoms with Crippen LogP contribution in [-0.4, -0.2) is 17.0 Å². The molecule has 0 aliphatic carbocycles. The van der Waals surface area contributed by atoms with Gasteiger partial charge in [0.1, 0.15) is 4.88 Å². The van der Waals surface area contributed by atoms with E-state index in [9.17, 15) is 9.59 Å². The molecule has 0 bridgehead atoms. The number of benzene rings is 1. The van der Waals surface area contributed by atoms with Crippen molar-refractivity contribution in [2.24, 2.45) is 0 Å². The van der Waals surface area contributed by atoms with Gasteiger partial charge in [-0.25, -0.2) is 4.79 Å². The van der Waals surface area contributed by atoms with E-state index in [0.717, 1.165) is 21.4 Å². The number of aryl methyl sites for hydroxylation is 1. The molecule has 108 valence electrons. The van der Waals surface area contributed by atoms with E-state index in [4.69, 9.17) is 5.11 Å². The lowest BCUT2D eigenvalue weighted by Gasteiger charge is -1.97. The van der Waals surface area contributed by atoms with Gasteiger partial charge in [0.15, 0.2) is 0 Å². The molecule has 21 heavy (non-hydrogen) atoms. The van der Waals surface area contributed by atoms with Crippen molar-refractivity contribution in [3.8, 4) is 0 Å². The Kier molecular flexibility index (Phi) is 4.93. The van der Waals surface area contributed by atoms with Gasteiger partial charge in [0.2, 0.25) is 5.91 Å². The molecule has 1 aromatic heterocycles. The number of carboxylic acid groups (broad SMARTS) is 1. The lowest BCUT2D eigenvalue weighted by molar-refractivity contribution is -0.111. The molecule has 0 unspecified atom stereocenters. The monoisotopic (exact) mass is 365 g/mol. The second-order valence-corrected chi connectivity index (χ2v) is 6.27. The molecule has 0 fully saturated rings. The minimum absolute atomic E-state index is 0.238. The van der Waals surface area contributed by atoms with E-state index in [1.807, 2.05) is 24.3 Å². The predicted octanol–water partition coefficient (Wildman–Crippen LogP) is 4.17. The Morgan fingerprint density at radius 1 is 1.29 bits per heavy atom. The Balaban J connectivity index is 2.03. The van der Waals surface area contributed by atoms with Crippen LogP contribution in [0.2, 0.25) is 0 Å². The molecule has 0 atom stereocenters. The van der Waals surface area contributed by atoms with E-state index in [-0.39, 0.29) is 10.8 Å². The molecule has 4 nitrogen and oxygen atoms in total. The van der Waals surface area contributed by atoms with Crippen LogP contribution in [0.5, 0.6) is 0 Å². The first-order valence-electron chi connectivity index (χ1n) is 6.04. The second-order valence-electron chi connectivity index (χ2n) is 4.30. The average Bonchev–Trinajstić information content (AvgIpc) is 2.79. The lowest BCUT2D eigenvalue weighted by Crippen LogP contribution is -2.06. The summed E-state index contributed by atoms with van der Waals surface area (Å²) in [6, 6.07) is 9.19. The number of aromatic carboxylic acids is 1. The molecule has 0 saturated heterocycles. The first kappa shape index (κ1) is 15.5. The van der Waals surface area contributed by atoms with Gasteiger partial charge in [-0.2, -0.15) is 0 Å². The van der Waals surface area contributed by atoms with Gasteiger partial charge in [-0.1, -0.05) is 28.1 Å². The zero-order valence-corrected chi connectivity index (χ0v) is 13.5. The maximum absolute atomic E-state index is 11.8. The van der Waals surface area contributed by atoms with E-state index in [1.54, 1.807) is 19.1 Å². The van der Waals surface area contributed by atoms with Crippen LogP contribution >= 0.6 is 27.3 Å². The summed E-state index contributed by atoms with van der Waals surface area (Å²) in [4.78, 5) is 23.0.